The molecule has 0 spiro atoms. The number of ether oxygens (including phenoxy) is 1. The molecular formula is C18H19NO3. The Kier molecular flexibility index (Phi) is 5.31. The minimum atomic E-state index is -0.527. The van der Waals surface area contributed by atoms with Crippen molar-refractivity contribution in [1.29, 1.82) is 0 Å². The molecule has 0 radical (unpaired) electrons. The van der Waals surface area contributed by atoms with Crippen LogP contribution < -0.4 is 0 Å². The van der Waals surface area contributed by atoms with Crippen molar-refractivity contribution in [2.75, 3.05) is 6.61 Å². The lowest BCUT2D eigenvalue weighted by molar-refractivity contribution is -0.136. The van der Waals surface area contributed by atoms with E-state index in [0.717, 1.165) is 22.9 Å². The molecule has 1 aromatic heterocycles. The van der Waals surface area contributed by atoms with E-state index in [0.29, 0.717) is 5.56 Å². The largest absolute Gasteiger partial charge is 0.454 e. The number of ketones is 1. The minimum absolute atomic E-state index is 0.215. The maximum atomic E-state index is 12.2. The van der Waals surface area contributed by atoms with Gasteiger partial charge in [-0.25, -0.2) is 4.79 Å². The van der Waals surface area contributed by atoms with Crippen LogP contribution in [0.1, 0.15) is 29.8 Å². The van der Waals surface area contributed by atoms with Crippen molar-refractivity contribution in [3.05, 3.63) is 59.8 Å². The molecule has 22 heavy (non-hydrogen) atoms. The first-order valence-electron chi connectivity index (χ1n) is 7.25. The van der Waals surface area contributed by atoms with Gasteiger partial charge in [0.2, 0.25) is 5.78 Å². The number of aromatic nitrogens is 1. The Morgan fingerprint density at radius 1 is 1.27 bits per heavy atom. The lowest BCUT2D eigenvalue weighted by atomic mass is 10.1. The van der Waals surface area contributed by atoms with Crippen LogP contribution in [0.25, 0.3) is 10.9 Å². The number of hydrogen-bond acceptors (Lipinski definition) is 3. The number of allylic oxidation sites excluding steroid dienone is 3. The van der Waals surface area contributed by atoms with Gasteiger partial charge in [0.15, 0.2) is 6.61 Å². The van der Waals surface area contributed by atoms with Crippen LogP contribution >= 0.6 is 0 Å². The number of H-pyrrole nitrogens is 1. The fourth-order valence-electron chi connectivity index (χ4n) is 2.25. The fourth-order valence-corrected chi connectivity index (χ4v) is 2.25. The summed E-state index contributed by atoms with van der Waals surface area (Å²) < 4.78 is 4.96. The van der Waals surface area contributed by atoms with Gasteiger partial charge in [0.05, 0.1) is 0 Å². The van der Waals surface area contributed by atoms with Crippen LogP contribution in [0.4, 0.5) is 0 Å². The zero-order chi connectivity index (χ0) is 15.9. The topological polar surface area (TPSA) is 59.2 Å². The van der Waals surface area contributed by atoms with Gasteiger partial charge in [0, 0.05) is 28.7 Å². The van der Waals surface area contributed by atoms with E-state index in [1.807, 2.05) is 25.1 Å². The summed E-state index contributed by atoms with van der Waals surface area (Å²) in [5.41, 5.74) is 2.67. The van der Waals surface area contributed by atoms with E-state index in [1.165, 1.54) is 6.08 Å². The smallest absolute Gasteiger partial charge is 0.331 e. The van der Waals surface area contributed by atoms with E-state index in [2.05, 4.69) is 11.9 Å². The number of para-hydroxylation sites is 1. The monoisotopic (exact) mass is 297 g/mol. The third-order valence-electron chi connectivity index (χ3n) is 3.36. The van der Waals surface area contributed by atoms with Gasteiger partial charge in [-0.1, -0.05) is 43.4 Å². The van der Waals surface area contributed by atoms with Crippen molar-refractivity contribution < 1.29 is 14.3 Å². The summed E-state index contributed by atoms with van der Waals surface area (Å²) in [6.07, 6.45) is 8.94. The first kappa shape index (κ1) is 15.8. The van der Waals surface area contributed by atoms with Crippen LogP contribution in [-0.4, -0.2) is 23.3 Å². The Morgan fingerprint density at radius 2 is 2.09 bits per heavy atom. The number of rotatable bonds is 6. The molecule has 0 aliphatic rings. The Morgan fingerprint density at radius 3 is 2.82 bits per heavy atom. The molecule has 0 bridgehead atoms. The number of esters is 1. The van der Waals surface area contributed by atoms with Gasteiger partial charge in [-0.15, -0.1) is 0 Å². The predicted molar refractivity (Wildman–Crippen MR) is 86.9 cm³/mol. The van der Waals surface area contributed by atoms with Gasteiger partial charge >= 0.3 is 5.97 Å². The number of hydrogen-bond donors (Lipinski definition) is 1. The average molecular weight is 297 g/mol. The summed E-state index contributed by atoms with van der Waals surface area (Å²) in [4.78, 5) is 26.8. The molecule has 0 fully saturated rings. The molecule has 0 saturated heterocycles. The van der Waals surface area contributed by atoms with Crippen LogP contribution in [-0.2, 0) is 16.0 Å². The van der Waals surface area contributed by atoms with Crippen molar-refractivity contribution >= 4 is 22.7 Å². The molecule has 0 atom stereocenters. The summed E-state index contributed by atoms with van der Waals surface area (Å²) in [5.74, 6) is -0.743. The zero-order valence-electron chi connectivity index (χ0n) is 12.8. The molecule has 2 rings (SSSR count). The van der Waals surface area contributed by atoms with E-state index in [-0.39, 0.29) is 12.4 Å². The number of carbonyl (C=O) groups excluding carboxylic acids is 2. The van der Waals surface area contributed by atoms with E-state index in [1.54, 1.807) is 24.4 Å². The lowest BCUT2D eigenvalue weighted by Crippen LogP contribution is -2.12. The standard InChI is InChI=1S/C18H19NO3/c1-3-5-6-10-17(21)22-12-16(20)15-11-19-18-13(4-2)8-7-9-14(15)18/h3,5-11,19H,4,12H2,1-2H3/b5-3+,10-6+. The van der Waals surface area contributed by atoms with Crippen LogP contribution in [0.5, 0.6) is 0 Å². The van der Waals surface area contributed by atoms with E-state index in [9.17, 15) is 9.59 Å². The molecule has 0 unspecified atom stereocenters. The number of benzene rings is 1. The summed E-state index contributed by atoms with van der Waals surface area (Å²) in [5, 5.41) is 0.866. The van der Waals surface area contributed by atoms with E-state index in [4.69, 9.17) is 4.74 Å². The number of fused-ring (bicyclic) bond motifs is 1. The molecule has 1 N–H and O–H groups in total. The highest BCUT2D eigenvalue weighted by atomic mass is 16.5. The van der Waals surface area contributed by atoms with Crippen molar-refractivity contribution in [2.45, 2.75) is 20.3 Å². The first-order valence-corrected chi connectivity index (χ1v) is 7.25. The maximum Gasteiger partial charge on any atom is 0.331 e. The minimum Gasteiger partial charge on any atom is -0.454 e. The molecule has 0 aliphatic heterocycles. The SMILES string of the molecule is C/C=C/C=C/C(=O)OCC(=O)c1c[nH]c2c(CC)cccc12. The van der Waals surface area contributed by atoms with Gasteiger partial charge in [0.25, 0.3) is 0 Å². The molecule has 114 valence electrons. The van der Waals surface area contributed by atoms with E-state index >= 15 is 0 Å². The van der Waals surface area contributed by atoms with Crippen LogP contribution in [0.15, 0.2) is 48.7 Å². The first-order chi connectivity index (χ1) is 10.7. The summed E-state index contributed by atoms with van der Waals surface area (Å²) >= 11 is 0. The van der Waals surface area contributed by atoms with Crippen molar-refractivity contribution in [3.63, 3.8) is 0 Å². The number of nitrogens with one attached hydrogen (secondary N) is 1. The second kappa shape index (κ2) is 7.41. The van der Waals surface area contributed by atoms with Gasteiger partial charge in [-0.2, -0.15) is 0 Å². The van der Waals surface area contributed by atoms with Gasteiger partial charge in [-0.3, -0.25) is 4.79 Å². The normalized spacial score (nSPS) is 11.5. The molecule has 4 nitrogen and oxygen atoms in total. The molecule has 0 saturated carbocycles. The van der Waals surface area contributed by atoms with Gasteiger partial charge in [-0.05, 0) is 18.9 Å². The highest BCUT2D eigenvalue weighted by Crippen LogP contribution is 2.22. The Hall–Kier alpha value is -2.62. The molecule has 0 amide bonds. The number of aromatic amines is 1. The Balaban J connectivity index is 2.09. The highest BCUT2D eigenvalue weighted by Gasteiger charge is 2.14. The number of aryl methyl sites for hydroxylation is 1. The number of Topliss-reactive ketones (excluding diaryl/α,β-unsaturated/α-hetero) is 1. The average Bonchev–Trinajstić information content (AvgIpc) is 2.97. The Bertz CT molecular complexity index is 738. The van der Waals surface area contributed by atoms with Crippen LogP contribution in [0.3, 0.4) is 0 Å². The third-order valence-corrected chi connectivity index (χ3v) is 3.36. The van der Waals surface area contributed by atoms with Crippen LogP contribution in [0, 0.1) is 0 Å². The molecule has 2 aromatic rings. The highest BCUT2D eigenvalue weighted by molar-refractivity contribution is 6.09. The lowest BCUT2D eigenvalue weighted by Gasteiger charge is -2.02. The van der Waals surface area contributed by atoms with Gasteiger partial charge < -0.3 is 9.72 Å². The van der Waals surface area contributed by atoms with E-state index < -0.39 is 5.97 Å². The molecular weight excluding hydrogens is 278 g/mol. The molecule has 1 heterocycles. The predicted octanol–water partition coefficient (Wildman–Crippen LogP) is 3.59. The van der Waals surface area contributed by atoms with Crippen molar-refractivity contribution in [2.24, 2.45) is 0 Å². The zero-order valence-corrected chi connectivity index (χ0v) is 12.8. The summed E-state index contributed by atoms with van der Waals surface area (Å²) in [6, 6.07) is 5.85. The summed E-state index contributed by atoms with van der Waals surface area (Å²) in [7, 11) is 0. The molecule has 4 heteroatoms. The quantitative estimate of drug-likeness (QED) is 0.383. The maximum absolute atomic E-state index is 12.2. The Labute approximate surface area is 129 Å². The van der Waals surface area contributed by atoms with Gasteiger partial charge in [0.1, 0.15) is 0 Å². The fraction of sp³-hybridized carbons (Fsp3) is 0.222. The van der Waals surface area contributed by atoms with Crippen LogP contribution in [0.2, 0.25) is 0 Å². The second-order valence-corrected chi connectivity index (χ2v) is 4.81. The molecule has 1 aromatic carbocycles. The van der Waals surface area contributed by atoms with Crippen molar-refractivity contribution in [3.8, 4) is 0 Å². The third kappa shape index (κ3) is 3.52. The second-order valence-electron chi connectivity index (χ2n) is 4.81. The molecule has 0 aliphatic carbocycles. The summed E-state index contributed by atoms with van der Waals surface area (Å²) in [6.45, 7) is 3.65. The van der Waals surface area contributed by atoms with Crippen molar-refractivity contribution in [1.82, 2.24) is 4.98 Å². The number of carbonyl (C=O) groups is 2.